The van der Waals surface area contributed by atoms with E-state index in [2.05, 4.69) is 25.7 Å². The average Bonchev–Trinajstić information content (AvgIpc) is 2.87. The second kappa shape index (κ2) is 5.66. The van der Waals surface area contributed by atoms with Crippen LogP contribution in [0.3, 0.4) is 0 Å². The number of anilines is 3. The van der Waals surface area contributed by atoms with E-state index in [-0.39, 0.29) is 11.8 Å². The first-order valence-corrected chi connectivity index (χ1v) is 7.11. The molecule has 0 aliphatic carbocycles. The van der Waals surface area contributed by atoms with Crippen molar-refractivity contribution in [1.82, 2.24) is 19.7 Å². The number of hydrogen-bond donors (Lipinski definition) is 2. The molecule has 0 saturated carbocycles. The quantitative estimate of drug-likeness (QED) is 0.766. The fourth-order valence-corrected chi connectivity index (χ4v) is 2.41. The van der Waals surface area contributed by atoms with Gasteiger partial charge in [-0.3, -0.25) is 4.68 Å². The maximum Gasteiger partial charge on any atom is 0.421 e. The van der Waals surface area contributed by atoms with Crippen LogP contribution in [-0.2, 0) is 13.2 Å². The number of nitrogens with one attached hydrogen (secondary N) is 2. The molecule has 0 aliphatic heterocycles. The van der Waals surface area contributed by atoms with Gasteiger partial charge in [0, 0.05) is 31.4 Å². The third-order valence-corrected chi connectivity index (χ3v) is 3.67. The summed E-state index contributed by atoms with van der Waals surface area (Å²) in [6.07, 6.45) is -2.00. The topological polar surface area (TPSA) is 67.7 Å². The van der Waals surface area contributed by atoms with Crippen molar-refractivity contribution in [2.75, 3.05) is 17.7 Å². The molecular weight excluding hydrogens is 321 g/mol. The molecule has 0 bridgehead atoms. The highest BCUT2D eigenvalue weighted by Crippen LogP contribution is 2.34. The van der Waals surface area contributed by atoms with Crippen LogP contribution in [0.5, 0.6) is 0 Å². The summed E-state index contributed by atoms with van der Waals surface area (Å²) in [7, 11) is 3.20. The van der Waals surface area contributed by atoms with Crippen LogP contribution >= 0.6 is 0 Å². The van der Waals surface area contributed by atoms with Gasteiger partial charge in [-0.1, -0.05) is 0 Å². The fraction of sp³-hybridized carbons (Fsp3) is 0.267. The number of benzene rings is 1. The average molecular weight is 336 g/mol. The Hall–Kier alpha value is -2.84. The van der Waals surface area contributed by atoms with Crippen molar-refractivity contribution in [2.24, 2.45) is 7.05 Å². The van der Waals surface area contributed by atoms with E-state index in [4.69, 9.17) is 0 Å². The Kier molecular flexibility index (Phi) is 3.78. The minimum atomic E-state index is -4.51. The summed E-state index contributed by atoms with van der Waals surface area (Å²) in [6.45, 7) is 1.89. The zero-order valence-corrected chi connectivity index (χ0v) is 13.2. The van der Waals surface area contributed by atoms with E-state index in [1.165, 1.54) is 7.05 Å². The van der Waals surface area contributed by atoms with E-state index in [1.807, 2.05) is 26.1 Å². The largest absolute Gasteiger partial charge is 0.421 e. The van der Waals surface area contributed by atoms with Crippen molar-refractivity contribution >= 4 is 28.4 Å². The molecule has 9 heteroatoms. The van der Waals surface area contributed by atoms with E-state index in [1.54, 1.807) is 10.9 Å². The molecule has 0 atom stereocenters. The van der Waals surface area contributed by atoms with Gasteiger partial charge in [-0.15, -0.1) is 0 Å². The second-order valence-electron chi connectivity index (χ2n) is 5.32. The third kappa shape index (κ3) is 2.84. The Bertz CT molecular complexity index is 900. The summed E-state index contributed by atoms with van der Waals surface area (Å²) >= 11 is 0. The number of aryl methyl sites for hydroxylation is 2. The normalized spacial score (nSPS) is 11.8. The molecule has 3 aromatic rings. The van der Waals surface area contributed by atoms with Gasteiger partial charge in [0.15, 0.2) is 0 Å². The third-order valence-electron chi connectivity index (χ3n) is 3.67. The lowest BCUT2D eigenvalue weighted by Crippen LogP contribution is -2.12. The molecule has 1 aromatic carbocycles. The number of halogens is 3. The fourth-order valence-electron chi connectivity index (χ4n) is 2.41. The van der Waals surface area contributed by atoms with Crippen LogP contribution in [0.4, 0.5) is 30.6 Å². The molecule has 0 fully saturated rings. The molecule has 0 saturated heterocycles. The molecule has 0 spiro atoms. The van der Waals surface area contributed by atoms with Gasteiger partial charge in [-0.25, -0.2) is 4.98 Å². The number of rotatable bonds is 3. The van der Waals surface area contributed by atoms with Crippen LogP contribution in [0.2, 0.25) is 0 Å². The molecule has 2 N–H and O–H groups in total. The SMILES string of the molecule is CNc1nc(Nc2cc3c(cnn3C)cc2C)ncc1C(F)(F)F. The van der Waals surface area contributed by atoms with Crippen LogP contribution in [0, 0.1) is 6.92 Å². The summed E-state index contributed by atoms with van der Waals surface area (Å²) in [4.78, 5) is 7.68. The van der Waals surface area contributed by atoms with Crippen molar-refractivity contribution in [1.29, 1.82) is 0 Å². The van der Waals surface area contributed by atoms with Crippen molar-refractivity contribution in [3.8, 4) is 0 Å². The lowest BCUT2D eigenvalue weighted by Gasteiger charge is -2.14. The minimum absolute atomic E-state index is 0.0805. The number of hydrogen-bond acceptors (Lipinski definition) is 5. The first-order chi connectivity index (χ1) is 11.3. The Morgan fingerprint density at radius 3 is 2.58 bits per heavy atom. The molecule has 6 nitrogen and oxygen atoms in total. The van der Waals surface area contributed by atoms with E-state index < -0.39 is 11.7 Å². The number of fused-ring (bicyclic) bond motifs is 1. The molecule has 0 amide bonds. The van der Waals surface area contributed by atoms with E-state index >= 15 is 0 Å². The van der Waals surface area contributed by atoms with E-state index in [0.29, 0.717) is 5.69 Å². The molecular formula is C15H15F3N6. The van der Waals surface area contributed by atoms with Crippen LogP contribution in [0.25, 0.3) is 10.9 Å². The van der Waals surface area contributed by atoms with Gasteiger partial charge >= 0.3 is 6.18 Å². The number of aromatic nitrogens is 4. The highest BCUT2D eigenvalue weighted by atomic mass is 19.4. The molecule has 0 radical (unpaired) electrons. The summed E-state index contributed by atoms with van der Waals surface area (Å²) in [5.74, 6) is -0.198. The van der Waals surface area contributed by atoms with E-state index in [0.717, 1.165) is 22.7 Å². The molecule has 2 heterocycles. The van der Waals surface area contributed by atoms with Crippen LogP contribution in [0.15, 0.2) is 24.5 Å². The second-order valence-corrected chi connectivity index (χ2v) is 5.32. The van der Waals surface area contributed by atoms with Crippen molar-refractivity contribution in [3.63, 3.8) is 0 Å². The van der Waals surface area contributed by atoms with Gasteiger partial charge in [0.1, 0.15) is 11.4 Å². The zero-order valence-electron chi connectivity index (χ0n) is 13.2. The Labute approximate surface area is 135 Å². The van der Waals surface area contributed by atoms with Crippen LogP contribution < -0.4 is 10.6 Å². The molecule has 3 rings (SSSR count). The predicted octanol–water partition coefficient (Wildman–Crippen LogP) is 3.48. The lowest BCUT2D eigenvalue weighted by atomic mass is 10.1. The van der Waals surface area contributed by atoms with Crippen molar-refractivity contribution in [2.45, 2.75) is 13.1 Å². The number of nitrogens with zero attached hydrogens (tertiary/aromatic N) is 4. The molecule has 24 heavy (non-hydrogen) atoms. The standard InChI is InChI=1S/C15H15F3N6/c1-8-4-9-6-21-24(3)12(9)5-11(8)22-14-20-7-10(15(16,17)18)13(19-2)23-14/h4-7H,1-3H3,(H2,19,20,22,23). The monoisotopic (exact) mass is 336 g/mol. The summed E-state index contributed by atoms with van der Waals surface area (Å²) in [5, 5.41) is 10.6. The predicted molar refractivity (Wildman–Crippen MR) is 85.3 cm³/mol. The summed E-state index contributed by atoms with van der Waals surface area (Å²) in [5.41, 5.74) is 1.59. The van der Waals surface area contributed by atoms with Gasteiger partial charge < -0.3 is 10.6 Å². The maximum atomic E-state index is 12.9. The van der Waals surface area contributed by atoms with Crippen molar-refractivity contribution in [3.05, 3.63) is 35.7 Å². The van der Waals surface area contributed by atoms with Gasteiger partial charge in [0.25, 0.3) is 0 Å². The maximum absolute atomic E-state index is 12.9. The molecule has 126 valence electrons. The van der Waals surface area contributed by atoms with Gasteiger partial charge in [0.05, 0.1) is 11.7 Å². The Morgan fingerprint density at radius 1 is 1.17 bits per heavy atom. The highest BCUT2D eigenvalue weighted by Gasteiger charge is 2.35. The van der Waals surface area contributed by atoms with E-state index in [9.17, 15) is 13.2 Å². The van der Waals surface area contributed by atoms with Crippen LogP contribution in [-0.4, -0.2) is 26.8 Å². The number of alkyl halides is 3. The lowest BCUT2D eigenvalue weighted by molar-refractivity contribution is -0.137. The molecule has 0 aliphatic rings. The zero-order chi connectivity index (χ0) is 17.5. The highest BCUT2D eigenvalue weighted by molar-refractivity contribution is 5.84. The van der Waals surface area contributed by atoms with Gasteiger partial charge in [-0.2, -0.15) is 23.3 Å². The van der Waals surface area contributed by atoms with Crippen LogP contribution in [0.1, 0.15) is 11.1 Å². The molecule has 0 unspecified atom stereocenters. The first-order valence-electron chi connectivity index (χ1n) is 7.11. The van der Waals surface area contributed by atoms with Gasteiger partial charge in [0.2, 0.25) is 5.95 Å². The Balaban J connectivity index is 1.99. The van der Waals surface area contributed by atoms with Gasteiger partial charge in [-0.05, 0) is 24.6 Å². The Morgan fingerprint density at radius 2 is 1.92 bits per heavy atom. The van der Waals surface area contributed by atoms with Crippen molar-refractivity contribution < 1.29 is 13.2 Å². The summed E-state index contributed by atoms with van der Waals surface area (Å²) < 4.78 is 40.4. The molecule has 2 aromatic heterocycles. The first kappa shape index (κ1) is 16.0. The smallest absolute Gasteiger partial charge is 0.372 e. The minimum Gasteiger partial charge on any atom is -0.372 e. The summed E-state index contributed by atoms with van der Waals surface area (Å²) in [6, 6.07) is 3.80.